The Morgan fingerprint density at radius 2 is 0.866 bits per heavy atom. The second kappa shape index (κ2) is 31.0. The van der Waals surface area contributed by atoms with Crippen molar-refractivity contribution in [3.05, 3.63) is 338 Å². The number of pyridine rings is 6. The normalized spacial score (nSPS) is 11.3. The number of aromatic nitrogens is 9. The number of rotatable bonds is 17. The van der Waals surface area contributed by atoms with Crippen LogP contribution in [0.4, 0.5) is 19.0 Å². The Morgan fingerprint density at radius 3 is 1.29 bits per heavy atom. The lowest BCUT2D eigenvalue weighted by Crippen LogP contribution is -2.12. The molecule has 0 unspecified atom stereocenters. The Morgan fingerprint density at radius 1 is 0.433 bits per heavy atom. The van der Waals surface area contributed by atoms with Gasteiger partial charge in [-0.25, -0.2) is 57.9 Å². The molecule has 488 valence electrons. The van der Waals surface area contributed by atoms with Crippen LogP contribution in [0.3, 0.4) is 0 Å². The van der Waals surface area contributed by atoms with Gasteiger partial charge in [0.25, 0.3) is 20.0 Å². The van der Waals surface area contributed by atoms with Gasteiger partial charge in [-0.2, -0.15) is 0 Å². The van der Waals surface area contributed by atoms with E-state index in [1.807, 2.05) is 54.9 Å². The maximum Gasteiger partial charge on any atom is 0.269 e. The highest BCUT2D eigenvalue weighted by atomic mass is 35.5. The Bertz CT molecular complexity index is 5240. The molecule has 5 aromatic carbocycles. The summed E-state index contributed by atoms with van der Waals surface area (Å²) >= 11 is 17.7. The van der Waals surface area contributed by atoms with Gasteiger partial charge in [-0.1, -0.05) is 108 Å². The minimum absolute atomic E-state index is 0.0795. The number of nitrogens with one attached hydrogen (secondary N) is 1. The first-order chi connectivity index (χ1) is 46.9. The molecule has 0 saturated heterocycles. The number of nitrogens with zero attached hydrogens (tertiary/aromatic N) is 8. The van der Waals surface area contributed by atoms with Gasteiger partial charge in [-0.15, -0.1) is 0 Å². The highest BCUT2D eigenvalue weighted by molar-refractivity contribution is 7.90. The summed E-state index contributed by atoms with van der Waals surface area (Å²) in [6.45, 7) is 0. The van der Waals surface area contributed by atoms with Gasteiger partial charge in [-0.05, 0) is 174 Å². The summed E-state index contributed by atoms with van der Waals surface area (Å²) in [6, 6.07) is 53.1. The summed E-state index contributed by atoms with van der Waals surface area (Å²) in [4.78, 5) is 39.8. The summed E-state index contributed by atoms with van der Waals surface area (Å²) in [6.07, 6.45) is 20.0. The van der Waals surface area contributed by atoms with Crippen molar-refractivity contribution in [2.45, 2.75) is 54.7 Å². The third-order valence-electron chi connectivity index (χ3n) is 15.7. The number of anilines is 1. The lowest BCUT2D eigenvalue weighted by atomic mass is 10.0. The molecular formula is C74H58Cl3F3N10O5S2. The number of hydrogen-bond acceptors (Lipinski definition) is 12. The molecule has 0 atom stereocenters. The number of hydrogen-bond donors (Lipinski definition) is 2. The minimum Gasteiger partial charge on any atom is -0.384 e. The molecule has 9 heterocycles. The maximum absolute atomic E-state index is 14.0. The molecule has 0 aliphatic heterocycles. The summed E-state index contributed by atoms with van der Waals surface area (Å²) in [5.74, 6) is -0.710. The van der Waals surface area contributed by atoms with E-state index in [4.69, 9.17) is 40.5 Å². The number of aryl methyl sites for hydroxylation is 2. The van der Waals surface area contributed by atoms with Gasteiger partial charge >= 0.3 is 0 Å². The number of aldehydes is 1. The van der Waals surface area contributed by atoms with E-state index >= 15 is 0 Å². The van der Waals surface area contributed by atoms with Crippen LogP contribution in [0.1, 0.15) is 66.3 Å². The van der Waals surface area contributed by atoms with Crippen molar-refractivity contribution in [1.82, 2.24) is 42.8 Å². The van der Waals surface area contributed by atoms with Gasteiger partial charge in [0.2, 0.25) is 0 Å². The number of nitrogens with two attached hydrogens (primary N) is 1. The third kappa shape index (κ3) is 16.3. The zero-order valence-corrected chi connectivity index (χ0v) is 55.3. The maximum atomic E-state index is 14.0. The number of carbonyl (C=O) groups is 1. The van der Waals surface area contributed by atoms with Crippen LogP contribution in [0.15, 0.2) is 254 Å². The number of halogens is 6. The van der Waals surface area contributed by atoms with Crippen molar-refractivity contribution < 1.29 is 34.8 Å². The van der Waals surface area contributed by atoms with Crippen LogP contribution in [0.5, 0.6) is 0 Å². The summed E-state index contributed by atoms with van der Waals surface area (Å²) in [5, 5.41) is 3.72. The summed E-state index contributed by atoms with van der Waals surface area (Å²) < 4.78 is 95.5. The SMILES string of the molecule is Fc1cccc(Cl)c1CCc1ccc(Cc2c[nH]c3ncccc23)cn1.Nc1ccc(Cc2cn(S(=O)(=O)c3ccccc3)c3ncccc23)cn1.O=Cc1c(F)cccc1Cl.O=S(=O)(c1ccccc1)n1cc(Cc2ccc(CCc3c(F)cccc3Cl)nc2)c2cccnc21. The molecule has 23 heteroatoms. The van der Waals surface area contributed by atoms with Crippen molar-refractivity contribution in [3.8, 4) is 0 Å². The van der Waals surface area contributed by atoms with Gasteiger partial charge < -0.3 is 10.7 Å². The van der Waals surface area contributed by atoms with Gasteiger partial charge in [0.1, 0.15) is 28.9 Å². The first-order valence-electron chi connectivity index (χ1n) is 30.2. The van der Waals surface area contributed by atoms with Crippen molar-refractivity contribution >= 4 is 100 Å². The van der Waals surface area contributed by atoms with Gasteiger partial charge in [-0.3, -0.25) is 14.8 Å². The average molecular weight is 1390 g/mol. The molecule has 0 aliphatic carbocycles. The van der Waals surface area contributed by atoms with E-state index in [2.05, 4.69) is 47.0 Å². The molecule has 0 radical (unpaired) electrons. The molecule has 0 saturated carbocycles. The fourth-order valence-electron chi connectivity index (χ4n) is 10.7. The molecule has 0 bridgehead atoms. The molecule has 97 heavy (non-hydrogen) atoms. The highest BCUT2D eigenvalue weighted by Gasteiger charge is 2.24. The van der Waals surface area contributed by atoms with Gasteiger partial charge in [0.15, 0.2) is 17.6 Å². The van der Waals surface area contributed by atoms with E-state index in [-0.39, 0.29) is 32.0 Å². The van der Waals surface area contributed by atoms with E-state index in [1.54, 1.807) is 147 Å². The predicted molar refractivity (Wildman–Crippen MR) is 374 cm³/mol. The fourth-order valence-corrected chi connectivity index (χ4v) is 14.2. The Labute approximate surface area is 572 Å². The van der Waals surface area contributed by atoms with Crippen molar-refractivity contribution in [2.24, 2.45) is 0 Å². The number of aromatic amines is 1. The van der Waals surface area contributed by atoms with Crippen LogP contribution in [0.2, 0.25) is 15.1 Å². The summed E-state index contributed by atoms with van der Waals surface area (Å²) in [7, 11) is -7.51. The quantitative estimate of drug-likeness (QED) is 0.0815. The second-order valence-electron chi connectivity index (χ2n) is 22.1. The lowest BCUT2D eigenvalue weighted by molar-refractivity contribution is 0.112. The largest absolute Gasteiger partial charge is 0.384 e. The van der Waals surface area contributed by atoms with Crippen molar-refractivity contribution in [2.75, 3.05) is 5.73 Å². The van der Waals surface area contributed by atoms with Gasteiger partial charge in [0.05, 0.1) is 20.4 Å². The van der Waals surface area contributed by atoms with E-state index in [1.165, 1.54) is 43.8 Å². The number of carbonyl (C=O) groups excluding carboxylic acids is 1. The number of nitrogen functional groups attached to an aromatic ring is 1. The third-order valence-corrected chi connectivity index (χ3v) is 20.0. The number of H-pyrrole nitrogens is 1. The van der Waals surface area contributed by atoms with Crippen LogP contribution in [-0.4, -0.2) is 66.0 Å². The molecule has 14 aromatic rings. The number of fused-ring (bicyclic) bond motifs is 3. The van der Waals surface area contributed by atoms with Crippen LogP contribution in [0, 0.1) is 17.5 Å². The second-order valence-corrected chi connectivity index (χ2v) is 26.9. The molecule has 0 aliphatic rings. The van der Waals surface area contributed by atoms with E-state index in [0.717, 1.165) is 67.4 Å². The zero-order chi connectivity index (χ0) is 68.1. The Balaban J connectivity index is 0.000000139. The van der Waals surface area contributed by atoms with Crippen molar-refractivity contribution in [3.63, 3.8) is 0 Å². The predicted octanol–water partition coefficient (Wildman–Crippen LogP) is 16.1. The van der Waals surface area contributed by atoms with E-state index in [0.29, 0.717) is 83.1 Å². The molecule has 15 nitrogen and oxygen atoms in total. The monoisotopic (exact) mass is 1390 g/mol. The standard InChI is InChI=1S/C27H21ClFN3O2S.C21H17ClFN3.C19H16N4O2S.C7H4ClFO/c28-25-9-4-10-26(29)24(25)14-13-21-12-11-19(17-31-21)16-20-18-32(27-23(20)8-5-15-30-27)35(33,34)22-6-2-1-3-7-22;22-19-4-1-5-20(23)18(19)9-8-16-7-6-14(12-25-16)11-15-13-26-21-17(15)3-2-10-24-21;20-18-9-8-14(12-22-18)11-15-13-23(19-17(15)7-4-10-21-19)26(24,25)16-5-2-1-3-6-16;8-6-2-1-3-7(9)5(6)4-10/h1-12,15,17-18H,13-14,16H2;1-7,10,12-13H,8-9,11H2,(H,24,26);1-10,12-13H,11H2,(H2,20,22);1-4H. The fraction of sp³-hybridized carbons (Fsp3) is 0.0946. The molecule has 0 amide bonds. The first kappa shape index (κ1) is 68.0. The average Bonchev–Trinajstić information content (AvgIpc) is 1.64. The molecule has 14 rings (SSSR count). The molecular weight excluding hydrogens is 1340 g/mol. The van der Waals surface area contributed by atoms with Crippen LogP contribution in [0.25, 0.3) is 33.1 Å². The Hall–Kier alpha value is -10.4. The smallest absolute Gasteiger partial charge is 0.269 e. The molecule has 0 fully saturated rings. The first-order valence-corrected chi connectivity index (χ1v) is 34.2. The molecule has 3 N–H and O–H groups in total. The van der Waals surface area contributed by atoms with Gasteiger partial charge in [0, 0.05) is 124 Å². The Kier molecular flexibility index (Phi) is 21.8. The molecule has 9 aromatic heterocycles. The summed E-state index contributed by atoms with van der Waals surface area (Å²) in [5.41, 5.74) is 15.9. The van der Waals surface area contributed by atoms with Crippen molar-refractivity contribution in [1.29, 1.82) is 0 Å². The highest BCUT2D eigenvalue weighted by Crippen LogP contribution is 2.30. The topological polar surface area (TPSA) is 214 Å². The van der Waals surface area contributed by atoms with E-state index in [9.17, 15) is 34.8 Å². The van der Waals surface area contributed by atoms with Crippen LogP contribution < -0.4 is 5.73 Å². The van der Waals surface area contributed by atoms with Crippen LogP contribution >= 0.6 is 34.8 Å². The zero-order valence-electron chi connectivity index (χ0n) is 51.4. The van der Waals surface area contributed by atoms with E-state index < -0.39 is 25.9 Å². The number of benzene rings is 5. The molecule has 0 spiro atoms. The minimum atomic E-state index is -3.79. The lowest BCUT2D eigenvalue weighted by Gasteiger charge is -2.07. The van der Waals surface area contributed by atoms with Crippen LogP contribution in [-0.2, 0) is 65.0 Å².